The first-order valence-corrected chi connectivity index (χ1v) is 10.8. The van der Waals surface area contributed by atoms with Crippen LogP contribution in [0, 0.1) is 17.0 Å². The van der Waals surface area contributed by atoms with E-state index in [4.69, 9.17) is 9.15 Å². The molecule has 1 amide bonds. The Labute approximate surface area is 194 Å². The minimum Gasteiger partial charge on any atom is -0.454 e. The molecule has 0 N–H and O–H groups in total. The number of nitrogens with zero attached hydrogens (tertiary/aromatic N) is 4. The normalized spacial score (nSPS) is 14.3. The largest absolute Gasteiger partial charge is 0.454 e. The number of nitro benzene ring substituents is 1. The van der Waals surface area contributed by atoms with Gasteiger partial charge in [-0.3, -0.25) is 29.2 Å². The summed E-state index contributed by atoms with van der Waals surface area (Å²) in [5.41, 5.74) is 2.42. The zero-order valence-corrected chi connectivity index (χ0v) is 18.6. The molecule has 3 aromatic rings. The number of oxazole rings is 1. The number of non-ortho nitro benzene ring substituents is 1. The third-order valence-corrected chi connectivity index (χ3v) is 5.72. The minimum atomic E-state index is -0.844. The van der Waals surface area contributed by atoms with E-state index in [1.165, 1.54) is 23.3 Å². The van der Waals surface area contributed by atoms with E-state index in [9.17, 15) is 24.5 Å². The van der Waals surface area contributed by atoms with Gasteiger partial charge in [0.15, 0.2) is 12.2 Å². The number of aromatic nitrogens is 1. The molecule has 1 saturated heterocycles. The Morgan fingerprint density at radius 1 is 1.12 bits per heavy atom. The molecule has 0 saturated carbocycles. The average Bonchev–Trinajstić information content (AvgIpc) is 3.12. The second kappa shape index (κ2) is 9.87. The molecule has 1 aliphatic heterocycles. The Kier molecular flexibility index (Phi) is 6.73. The highest BCUT2D eigenvalue weighted by molar-refractivity contribution is 5.82. The van der Waals surface area contributed by atoms with Gasteiger partial charge in [0.2, 0.25) is 0 Å². The van der Waals surface area contributed by atoms with Crippen LogP contribution in [0.2, 0.25) is 0 Å². The summed E-state index contributed by atoms with van der Waals surface area (Å²) in [5.74, 6) is -1.93. The lowest BCUT2D eigenvalue weighted by Gasteiger charge is -2.34. The van der Waals surface area contributed by atoms with Crippen LogP contribution in [0.3, 0.4) is 0 Å². The van der Waals surface area contributed by atoms with Crippen LogP contribution in [0.1, 0.15) is 11.1 Å². The molecule has 0 bridgehead atoms. The smallest absolute Gasteiger partial charge is 0.420 e. The van der Waals surface area contributed by atoms with E-state index in [0.717, 1.165) is 30.3 Å². The number of benzene rings is 2. The third-order valence-electron chi connectivity index (χ3n) is 5.72. The summed E-state index contributed by atoms with van der Waals surface area (Å²) >= 11 is 0. The summed E-state index contributed by atoms with van der Waals surface area (Å²) in [7, 11) is 0. The molecule has 0 aliphatic carbocycles. The van der Waals surface area contributed by atoms with Crippen LogP contribution >= 0.6 is 0 Å². The molecule has 1 fully saturated rings. The Morgan fingerprint density at radius 2 is 1.88 bits per heavy atom. The monoisotopic (exact) mass is 468 g/mol. The Balaban J connectivity index is 1.27. The van der Waals surface area contributed by atoms with Crippen LogP contribution < -0.4 is 5.76 Å². The molecule has 11 heteroatoms. The molecule has 0 atom stereocenters. The van der Waals surface area contributed by atoms with Crippen molar-refractivity contribution in [2.45, 2.75) is 20.0 Å². The number of piperazine rings is 1. The summed E-state index contributed by atoms with van der Waals surface area (Å²) in [6.45, 7) is 4.48. The number of ether oxygens (including phenoxy) is 1. The van der Waals surface area contributed by atoms with Crippen molar-refractivity contribution < 1.29 is 23.7 Å². The second-order valence-corrected chi connectivity index (χ2v) is 8.17. The van der Waals surface area contributed by atoms with E-state index in [1.807, 2.05) is 6.07 Å². The van der Waals surface area contributed by atoms with Gasteiger partial charge in [0, 0.05) is 38.8 Å². The zero-order chi connectivity index (χ0) is 24.2. The number of esters is 1. The number of rotatable bonds is 7. The lowest BCUT2D eigenvalue weighted by molar-refractivity contribution is -0.384. The molecule has 0 spiro atoms. The number of amides is 1. The van der Waals surface area contributed by atoms with Crippen LogP contribution in [0.5, 0.6) is 0 Å². The zero-order valence-electron chi connectivity index (χ0n) is 18.6. The van der Waals surface area contributed by atoms with E-state index in [-0.39, 0.29) is 22.7 Å². The minimum absolute atomic E-state index is 0.00777. The van der Waals surface area contributed by atoms with Gasteiger partial charge in [-0.15, -0.1) is 0 Å². The van der Waals surface area contributed by atoms with Gasteiger partial charge in [-0.1, -0.05) is 29.8 Å². The molecule has 2 heterocycles. The number of carbonyl (C=O) groups is 2. The molecule has 178 valence electrons. The Morgan fingerprint density at radius 3 is 2.59 bits per heavy atom. The van der Waals surface area contributed by atoms with E-state index in [2.05, 4.69) is 30.0 Å². The molecule has 1 aliphatic rings. The van der Waals surface area contributed by atoms with Crippen molar-refractivity contribution in [3.63, 3.8) is 0 Å². The average molecular weight is 468 g/mol. The van der Waals surface area contributed by atoms with Gasteiger partial charge in [-0.05, 0) is 18.6 Å². The van der Waals surface area contributed by atoms with Crippen LogP contribution in [0.4, 0.5) is 5.69 Å². The van der Waals surface area contributed by atoms with Gasteiger partial charge < -0.3 is 14.1 Å². The summed E-state index contributed by atoms with van der Waals surface area (Å²) in [4.78, 5) is 51.0. The third kappa shape index (κ3) is 5.31. The predicted molar refractivity (Wildman–Crippen MR) is 121 cm³/mol. The van der Waals surface area contributed by atoms with Gasteiger partial charge in [0.1, 0.15) is 6.54 Å². The van der Waals surface area contributed by atoms with Crippen LogP contribution in [-0.2, 0) is 27.4 Å². The molecule has 4 rings (SSSR count). The van der Waals surface area contributed by atoms with Gasteiger partial charge >= 0.3 is 11.7 Å². The van der Waals surface area contributed by atoms with Crippen molar-refractivity contribution in [1.82, 2.24) is 14.4 Å². The van der Waals surface area contributed by atoms with Crippen LogP contribution in [0.25, 0.3) is 11.1 Å². The lowest BCUT2D eigenvalue weighted by atomic mass is 10.1. The molecular formula is C23H24N4O7. The summed E-state index contributed by atoms with van der Waals surface area (Å²) in [6, 6.07) is 12.0. The predicted octanol–water partition coefficient (Wildman–Crippen LogP) is 1.70. The maximum atomic E-state index is 12.5. The van der Waals surface area contributed by atoms with Crippen molar-refractivity contribution >= 4 is 28.7 Å². The van der Waals surface area contributed by atoms with E-state index in [1.54, 1.807) is 4.90 Å². The van der Waals surface area contributed by atoms with E-state index >= 15 is 0 Å². The number of carbonyl (C=O) groups excluding carboxylic acids is 2. The molecule has 34 heavy (non-hydrogen) atoms. The maximum absolute atomic E-state index is 12.5. The molecule has 1 aromatic heterocycles. The maximum Gasteiger partial charge on any atom is 0.420 e. The summed E-state index contributed by atoms with van der Waals surface area (Å²) in [6.07, 6.45) is 0. The Hall–Kier alpha value is -3.99. The van der Waals surface area contributed by atoms with Crippen LogP contribution in [-0.4, -0.2) is 64.0 Å². The fourth-order valence-electron chi connectivity index (χ4n) is 3.95. The molecule has 0 unspecified atom stereocenters. The van der Waals surface area contributed by atoms with Crippen LogP contribution in [0.15, 0.2) is 51.7 Å². The lowest BCUT2D eigenvalue weighted by Crippen LogP contribution is -2.49. The first-order chi connectivity index (χ1) is 16.3. The first kappa shape index (κ1) is 23.2. The highest BCUT2D eigenvalue weighted by Crippen LogP contribution is 2.20. The van der Waals surface area contributed by atoms with E-state index < -0.39 is 29.8 Å². The van der Waals surface area contributed by atoms with E-state index in [0.29, 0.717) is 13.1 Å². The van der Waals surface area contributed by atoms with Gasteiger partial charge in [0.05, 0.1) is 16.5 Å². The van der Waals surface area contributed by atoms with Crippen molar-refractivity contribution in [3.8, 4) is 0 Å². The second-order valence-electron chi connectivity index (χ2n) is 8.17. The fourth-order valence-corrected chi connectivity index (χ4v) is 3.95. The molecule has 0 radical (unpaired) electrons. The number of hydrogen-bond donors (Lipinski definition) is 0. The summed E-state index contributed by atoms with van der Waals surface area (Å²) in [5, 5.41) is 10.9. The number of nitro groups is 1. The van der Waals surface area contributed by atoms with Gasteiger partial charge in [-0.2, -0.15) is 0 Å². The Bertz CT molecular complexity index is 1290. The van der Waals surface area contributed by atoms with Gasteiger partial charge in [-0.25, -0.2) is 4.79 Å². The number of hydrogen-bond acceptors (Lipinski definition) is 8. The van der Waals surface area contributed by atoms with Crippen molar-refractivity contribution in [1.29, 1.82) is 0 Å². The SMILES string of the molecule is Cc1cccc(CN2CCN(C(=O)COC(=O)Cn3c(=O)oc4cc([N+](=O)[O-])ccc43)CC2)c1. The molecular weight excluding hydrogens is 444 g/mol. The van der Waals surface area contributed by atoms with Crippen molar-refractivity contribution in [2.75, 3.05) is 32.8 Å². The highest BCUT2D eigenvalue weighted by atomic mass is 16.6. The van der Waals surface area contributed by atoms with Crippen molar-refractivity contribution in [2.24, 2.45) is 0 Å². The highest BCUT2D eigenvalue weighted by Gasteiger charge is 2.23. The summed E-state index contributed by atoms with van der Waals surface area (Å²) < 4.78 is 11.1. The number of aryl methyl sites for hydroxylation is 1. The molecule has 2 aromatic carbocycles. The van der Waals surface area contributed by atoms with Crippen molar-refractivity contribution in [3.05, 3.63) is 74.3 Å². The topological polar surface area (TPSA) is 128 Å². The molecule has 11 nitrogen and oxygen atoms in total. The standard InChI is InChI=1S/C23H24N4O7/c1-16-3-2-4-17(11-16)13-24-7-9-25(10-8-24)21(28)15-33-22(29)14-26-19-6-5-18(27(31)32)12-20(19)34-23(26)30/h2-6,11-12H,7-10,13-15H2,1H3. The fraction of sp³-hybridized carbons (Fsp3) is 0.348. The number of fused-ring (bicyclic) bond motifs is 1. The van der Waals surface area contributed by atoms with Gasteiger partial charge in [0.25, 0.3) is 11.6 Å². The first-order valence-electron chi connectivity index (χ1n) is 10.8. The quantitative estimate of drug-likeness (QED) is 0.291.